The van der Waals surface area contributed by atoms with E-state index in [2.05, 4.69) is 15.0 Å². The van der Waals surface area contributed by atoms with E-state index in [0.29, 0.717) is 30.3 Å². The number of rotatable bonds is 4. The molecule has 2 N–H and O–H groups in total. The maximum atomic E-state index is 13.5. The minimum atomic E-state index is -0.192. The lowest BCUT2D eigenvalue weighted by atomic mass is 10.1. The second kappa shape index (κ2) is 5.60. The number of nitrogens with zero attached hydrogens (tertiary/aromatic N) is 4. The first-order valence-electron chi connectivity index (χ1n) is 5.99. The van der Waals surface area contributed by atoms with Crippen LogP contribution in [0, 0.1) is 12.7 Å². The molecule has 2 rings (SSSR count). The number of likely N-dealkylation sites (N-methyl/N-ethyl adjacent to an activating group) is 1. The van der Waals surface area contributed by atoms with Gasteiger partial charge in [-0.25, -0.2) is 4.39 Å². The Morgan fingerprint density at radius 2 is 1.95 bits per heavy atom. The summed E-state index contributed by atoms with van der Waals surface area (Å²) in [5, 5.41) is 0. The summed E-state index contributed by atoms with van der Waals surface area (Å²) >= 11 is 0. The molecular weight excluding hydrogens is 245 g/mol. The van der Waals surface area contributed by atoms with Gasteiger partial charge in [-0.1, -0.05) is 18.2 Å². The van der Waals surface area contributed by atoms with Crippen molar-refractivity contribution in [3.8, 4) is 0 Å². The van der Waals surface area contributed by atoms with Crippen LogP contribution >= 0.6 is 0 Å². The van der Waals surface area contributed by atoms with Crippen LogP contribution in [0.5, 0.6) is 0 Å². The van der Waals surface area contributed by atoms with E-state index in [1.165, 1.54) is 6.07 Å². The fourth-order valence-corrected chi connectivity index (χ4v) is 1.75. The number of nitrogen functional groups attached to an aromatic ring is 1. The van der Waals surface area contributed by atoms with Crippen LogP contribution in [0.25, 0.3) is 0 Å². The predicted molar refractivity (Wildman–Crippen MR) is 72.4 cm³/mol. The van der Waals surface area contributed by atoms with Crippen molar-refractivity contribution in [2.45, 2.75) is 13.3 Å². The molecule has 0 atom stereocenters. The van der Waals surface area contributed by atoms with Crippen LogP contribution in [0.1, 0.15) is 11.4 Å². The maximum Gasteiger partial charge on any atom is 0.230 e. The molecule has 6 heteroatoms. The molecule has 19 heavy (non-hydrogen) atoms. The number of hydrogen-bond donors (Lipinski definition) is 1. The average Bonchev–Trinajstić information content (AvgIpc) is 2.36. The minimum Gasteiger partial charge on any atom is -0.368 e. The molecule has 0 saturated heterocycles. The highest BCUT2D eigenvalue weighted by Crippen LogP contribution is 2.11. The molecule has 1 aromatic carbocycles. The molecule has 0 aliphatic carbocycles. The van der Waals surface area contributed by atoms with Gasteiger partial charge in [0.25, 0.3) is 0 Å². The van der Waals surface area contributed by atoms with Gasteiger partial charge in [0.05, 0.1) is 0 Å². The first-order valence-corrected chi connectivity index (χ1v) is 5.99. The highest BCUT2D eigenvalue weighted by Gasteiger charge is 2.08. The van der Waals surface area contributed by atoms with E-state index < -0.39 is 0 Å². The van der Waals surface area contributed by atoms with Gasteiger partial charge in [0.2, 0.25) is 11.9 Å². The second-order valence-electron chi connectivity index (χ2n) is 4.30. The minimum absolute atomic E-state index is 0.192. The summed E-state index contributed by atoms with van der Waals surface area (Å²) in [6, 6.07) is 6.73. The number of hydrogen-bond acceptors (Lipinski definition) is 5. The summed E-state index contributed by atoms with van der Waals surface area (Å²) in [6.07, 6.45) is 0.577. The second-order valence-corrected chi connectivity index (χ2v) is 4.30. The van der Waals surface area contributed by atoms with Gasteiger partial charge in [0, 0.05) is 13.6 Å². The van der Waals surface area contributed by atoms with Crippen LogP contribution in [-0.2, 0) is 6.42 Å². The molecule has 0 aliphatic heterocycles. The lowest BCUT2D eigenvalue weighted by Crippen LogP contribution is -2.24. The van der Waals surface area contributed by atoms with E-state index in [1.807, 2.05) is 18.0 Å². The highest BCUT2D eigenvalue weighted by molar-refractivity contribution is 5.34. The summed E-state index contributed by atoms with van der Waals surface area (Å²) in [4.78, 5) is 14.0. The van der Waals surface area contributed by atoms with Crippen molar-refractivity contribution in [3.63, 3.8) is 0 Å². The normalized spacial score (nSPS) is 10.5. The first-order chi connectivity index (χ1) is 9.06. The molecule has 0 unspecified atom stereocenters. The summed E-state index contributed by atoms with van der Waals surface area (Å²) in [6.45, 7) is 2.36. The molecular formula is C13H16FN5. The molecule has 1 aromatic heterocycles. The van der Waals surface area contributed by atoms with Gasteiger partial charge in [0.15, 0.2) is 0 Å². The summed E-state index contributed by atoms with van der Waals surface area (Å²) in [5.41, 5.74) is 6.25. The molecule has 0 bridgehead atoms. The number of aryl methyl sites for hydroxylation is 1. The van der Waals surface area contributed by atoms with Gasteiger partial charge >= 0.3 is 0 Å². The Bertz CT molecular complexity index is 552. The van der Waals surface area contributed by atoms with Crippen LogP contribution in [-0.4, -0.2) is 28.5 Å². The lowest BCUT2D eigenvalue weighted by Gasteiger charge is -2.17. The van der Waals surface area contributed by atoms with E-state index in [9.17, 15) is 4.39 Å². The number of nitrogens with two attached hydrogens (primary N) is 1. The molecule has 0 amide bonds. The van der Waals surface area contributed by atoms with Crippen molar-refractivity contribution < 1.29 is 4.39 Å². The van der Waals surface area contributed by atoms with Gasteiger partial charge in [-0.3, -0.25) is 0 Å². The molecule has 0 radical (unpaired) electrons. The zero-order chi connectivity index (χ0) is 13.8. The topological polar surface area (TPSA) is 67.9 Å². The smallest absolute Gasteiger partial charge is 0.230 e. The van der Waals surface area contributed by atoms with Crippen LogP contribution in [0.2, 0.25) is 0 Å². The Hall–Kier alpha value is -2.24. The molecule has 0 spiro atoms. The van der Waals surface area contributed by atoms with Gasteiger partial charge in [-0.15, -0.1) is 0 Å². The van der Waals surface area contributed by atoms with Crippen molar-refractivity contribution >= 4 is 11.9 Å². The van der Waals surface area contributed by atoms with E-state index in [-0.39, 0.29) is 11.8 Å². The lowest BCUT2D eigenvalue weighted by molar-refractivity contribution is 0.608. The third kappa shape index (κ3) is 3.37. The molecule has 0 fully saturated rings. The molecule has 0 saturated carbocycles. The quantitative estimate of drug-likeness (QED) is 0.905. The predicted octanol–water partition coefficient (Wildman–Crippen LogP) is 1.58. The zero-order valence-corrected chi connectivity index (χ0v) is 11.0. The number of benzene rings is 1. The van der Waals surface area contributed by atoms with Crippen LogP contribution in [0.15, 0.2) is 24.3 Å². The van der Waals surface area contributed by atoms with E-state index in [0.717, 1.165) is 0 Å². The Morgan fingerprint density at radius 3 is 2.63 bits per heavy atom. The van der Waals surface area contributed by atoms with E-state index in [1.54, 1.807) is 19.1 Å². The Balaban J connectivity index is 2.05. The first kappa shape index (κ1) is 13.2. The Morgan fingerprint density at radius 1 is 1.21 bits per heavy atom. The molecule has 100 valence electrons. The summed E-state index contributed by atoms with van der Waals surface area (Å²) < 4.78 is 13.5. The van der Waals surface area contributed by atoms with Crippen molar-refractivity contribution in [2.75, 3.05) is 24.2 Å². The van der Waals surface area contributed by atoms with Crippen LogP contribution in [0.4, 0.5) is 16.3 Å². The van der Waals surface area contributed by atoms with E-state index in [4.69, 9.17) is 5.73 Å². The molecule has 1 heterocycles. The Labute approximate surface area is 111 Å². The number of aromatic nitrogens is 3. The van der Waals surface area contributed by atoms with Gasteiger partial charge < -0.3 is 10.6 Å². The SMILES string of the molecule is Cc1nc(N)nc(N(C)CCc2ccccc2F)n1. The molecule has 5 nitrogen and oxygen atoms in total. The number of halogens is 1. The van der Waals surface area contributed by atoms with Crippen molar-refractivity contribution in [1.29, 1.82) is 0 Å². The fraction of sp³-hybridized carbons (Fsp3) is 0.308. The van der Waals surface area contributed by atoms with Gasteiger partial charge in [-0.05, 0) is 25.0 Å². The van der Waals surface area contributed by atoms with Crippen molar-refractivity contribution in [3.05, 3.63) is 41.5 Å². The van der Waals surface area contributed by atoms with Crippen molar-refractivity contribution in [1.82, 2.24) is 15.0 Å². The third-order valence-corrected chi connectivity index (χ3v) is 2.77. The number of anilines is 2. The Kier molecular flexibility index (Phi) is 3.89. The average molecular weight is 261 g/mol. The fourth-order valence-electron chi connectivity index (χ4n) is 1.75. The zero-order valence-electron chi connectivity index (χ0n) is 11.0. The van der Waals surface area contributed by atoms with Crippen molar-refractivity contribution in [2.24, 2.45) is 0 Å². The molecule has 0 aliphatic rings. The van der Waals surface area contributed by atoms with Crippen LogP contribution < -0.4 is 10.6 Å². The third-order valence-electron chi connectivity index (χ3n) is 2.77. The maximum absolute atomic E-state index is 13.5. The van der Waals surface area contributed by atoms with Gasteiger partial charge in [-0.2, -0.15) is 15.0 Å². The standard InChI is InChI=1S/C13H16FN5/c1-9-16-12(15)18-13(17-9)19(2)8-7-10-5-3-4-6-11(10)14/h3-6H,7-8H2,1-2H3,(H2,15,16,17,18). The summed E-state index contributed by atoms with van der Waals surface area (Å²) in [7, 11) is 1.84. The largest absolute Gasteiger partial charge is 0.368 e. The monoisotopic (exact) mass is 261 g/mol. The highest BCUT2D eigenvalue weighted by atomic mass is 19.1. The molecule has 2 aromatic rings. The van der Waals surface area contributed by atoms with E-state index >= 15 is 0 Å². The van der Waals surface area contributed by atoms with Gasteiger partial charge in [0.1, 0.15) is 11.6 Å². The van der Waals surface area contributed by atoms with Crippen LogP contribution in [0.3, 0.4) is 0 Å². The summed E-state index contributed by atoms with van der Waals surface area (Å²) in [5.74, 6) is 1.07.